The summed E-state index contributed by atoms with van der Waals surface area (Å²) in [5.41, 5.74) is 0.992. The Balaban J connectivity index is 1.74. The minimum Gasteiger partial charge on any atom is -0.449 e. The lowest BCUT2D eigenvalue weighted by Crippen LogP contribution is -2.37. The highest BCUT2D eigenvalue weighted by Gasteiger charge is 2.34. The van der Waals surface area contributed by atoms with E-state index in [2.05, 4.69) is 5.10 Å². The van der Waals surface area contributed by atoms with Gasteiger partial charge >= 0.3 is 5.97 Å². The third kappa shape index (κ3) is 5.83. The molecule has 0 N–H and O–H groups in total. The molecule has 2 aromatic carbocycles. The van der Waals surface area contributed by atoms with Crippen LogP contribution < -0.4 is 0 Å². The number of carbonyl (C=O) groups excluding carboxylic acids is 3. The van der Waals surface area contributed by atoms with Gasteiger partial charge in [-0.05, 0) is 13.8 Å². The molecule has 11 heteroatoms. The van der Waals surface area contributed by atoms with E-state index in [0.29, 0.717) is 15.4 Å². The predicted octanol–water partition coefficient (Wildman–Crippen LogP) is 3.87. The summed E-state index contributed by atoms with van der Waals surface area (Å²) in [6.45, 7) is 2.80. The zero-order valence-corrected chi connectivity index (χ0v) is 21.6. The van der Waals surface area contributed by atoms with Crippen molar-refractivity contribution in [3.8, 4) is 0 Å². The first-order valence-corrected chi connectivity index (χ1v) is 13.0. The van der Waals surface area contributed by atoms with Gasteiger partial charge in [-0.3, -0.25) is 19.1 Å². The van der Waals surface area contributed by atoms with E-state index in [-0.39, 0.29) is 22.3 Å². The van der Waals surface area contributed by atoms with E-state index >= 15 is 0 Å². The molecule has 9 nitrogen and oxygen atoms in total. The van der Waals surface area contributed by atoms with Crippen molar-refractivity contribution in [2.24, 2.45) is 7.05 Å². The fourth-order valence-corrected chi connectivity index (χ4v) is 5.82. The van der Waals surface area contributed by atoms with Gasteiger partial charge in [-0.25, -0.2) is 12.7 Å². The summed E-state index contributed by atoms with van der Waals surface area (Å²) < 4.78 is 33.6. The number of nitrogens with zero attached hydrogens (tertiary/aromatic N) is 3. The summed E-state index contributed by atoms with van der Waals surface area (Å²) in [5.74, 6) is -2.04. The highest BCUT2D eigenvalue weighted by atomic mass is 35.5. The molecule has 3 rings (SSSR count). The fourth-order valence-electron chi connectivity index (χ4n) is 3.67. The Hall–Kier alpha value is -3.50. The smallest absolute Gasteiger partial charge is 0.307 e. The molecule has 0 aliphatic carbocycles. The second-order valence-corrected chi connectivity index (χ2v) is 10.1. The highest BCUT2D eigenvalue weighted by Crippen LogP contribution is 2.28. The molecular weight excluding hydrogens is 506 g/mol. The van der Waals surface area contributed by atoms with E-state index < -0.39 is 46.6 Å². The van der Waals surface area contributed by atoms with Gasteiger partial charge in [0.15, 0.2) is 6.10 Å². The van der Waals surface area contributed by atoms with Crippen molar-refractivity contribution < 1.29 is 27.5 Å². The Labute approximate surface area is 214 Å². The van der Waals surface area contributed by atoms with Crippen LogP contribution in [0, 0.1) is 6.92 Å². The third-order valence-corrected chi connectivity index (χ3v) is 8.00. The molecule has 0 bridgehead atoms. The number of esters is 1. The number of hydrogen-bond acceptors (Lipinski definition) is 7. The van der Waals surface area contributed by atoms with Gasteiger partial charge in [-0.15, -0.1) is 0 Å². The summed E-state index contributed by atoms with van der Waals surface area (Å²) in [6.07, 6.45) is -2.07. The number of Topliss-reactive ketones (excluding diaryl/α,β-unsaturated/α-hetero) is 1. The Morgan fingerprint density at radius 3 is 2.14 bits per heavy atom. The van der Waals surface area contributed by atoms with Crippen LogP contribution in [0.5, 0.6) is 0 Å². The number of aryl methyl sites for hydroxylation is 2. The molecule has 1 aromatic heterocycles. The van der Waals surface area contributed by atoms with E-state index in [1.807, 2.05) is 0 Å². The lowest BCUT2D eigenvalue weighted by atomic mass is 10.00. The molecule has 1 atom stereocenters. The molecule has 0 aliphatic rings. The quantitative estimate of drug-likeness (QED) is 0.288. The number of hydrogen-bond donors (Lipinski definition) is 0. The molecular formula is C25H26ClN3O6S. The van der Waals surface area contributed by atoms with Gasteiger partial charge in [0.2, 0.25) is 11.7 Å². The van der Waals surface area contributed by atoms with Gasteiger partial charge in [0, 0.05) is 31.1 Å². The van der Waals surface area contributed by atoms with E-state index in [4.69, 9.17) is 16.3 Å². The number of aromatic nitrogens is 2. The van der Waals surface area contributed by atoms with Crippen LogP contribution in [-0.2, 0) is 31.4 Å². The second-order valence-electron chi connectivity index (χ2n) is 7.90. The molecule has 0 aliphatic heterocycles. The van der Waals surface area contributed by atoms with Gasteiger partial charge in [-0.1, -0.05) is 72.3 Å². The lowest BCUT2D eigenvalue weighted by Gasteiger charge is -2.21. The zero-order valence-electron chi connectivity index (χ0n) is 20.0. The van der Waals surface area contributed by atoms with Crippen molar-refractivity contribution in [1.82, 2.24) is 14.1 Å². The van der Waals surface area contributed by atoms with Crippen molar-refractivity contribution in [2.45, 2.75) is 37.7 Å². The number of carbonyl (C=O) groups is 3. The summed E-state index contributed by atoms with van der Waals surface area (Å²) >= 11 is 6.10. The average Bonchev–Trinajstić information content (AvgIpc) is 3.13. The standard InChI is InChI=1S/C25H26ClN3O6S/c1-4-29(36(33,34)24-17(2)27-28(3)25(24)26)20(30)15-16-21(31)35-23(19-13-9-6-10-14-19)22(32)18-11-7-5-8-12-18/h5-14,23H,4,15-16H2,1-3H3. The maximum Gasteiger partial charge on any atom is 0.307 e. The number of ether oxygens (including phenoxy) is 1. The summed E-state index contributed by atoms with van der Waals surface area (Å²) in [5, 5.41) is 3.87. The summed E-state index contributed by atoms with van der Waals surface area (Å²) in [7, 11) is -2.80. The summed E-state index contributed by atoms with van der Waals surface area (Å²) in [6, 6.07) is 16.9. The van der Waals surface area contributed by atoms with Crippen LogP contribution in [0.15, 0.2) is 65.6 Å². The van der Waals surface area contributed by atoms with Gasteiger partial charge in [0.05, 0.1) is 12.1 Å². The number of ketones is 1. The molecule has 1 unspecified atom stereocenters. The Morgan fingerprint density at radius 2 is 1.61 bits per heavy atom. The third-order valence-electron chi connectivity index (χ3n) is 5.40. The van der Waals surface area contributed by atoms with Gasteiger partial charge in [-0.2, -0.15) is 5.10 Å². The molecule has 3 aromatic rings. The maximum absolute atomic E-state index is 13.1. The number of benzene rings is 2. The van der Waals surface area contributed by atoms with Gasteiger partial charge in [0.25, 0.3) is 10.0 Å². The lowest BCUT2D eigenvalue weighted by molar-refractivity contribution is -0.149. The van der Waals surface area contributed by atoms with Gasteiger partial charge < -0.3 is 4.74 Å². The predicted molar refractivity (Wildman–Crippen MR) is 133 cm³/mol. The van der Waals surface area contributed by atoms with Crippen molar-refractivity contribution in [1.29, 1.82) is 0 Å². The van der Waals surface area contributed by atoms with Crippen LogP contribution in [0.4, 0.5) is 0 Å². The first-order chi connectivity index (χ1) is 17.1. The van der Waals surface area contributed by atoms with Crippen LogP contribution in [0.25, 0.3) is 0 Å². The first-order valence-electron chi connectivity index (χ1n) is 11.2. The molecule has 1 heterocycles. The number of amides is 1. The Morgan fingerprint density at radius 1 is 1.03 bits per heavy atom. The van der Waals surface area contributed by atoms with Crippen LogP contribution >= 0.6 is 11.6 Å². The molecule has 0 fully saturated rings. The van der Waals surface area contributed by atoms with E-state index in [0.717, 1.165) is 0 Å². The van der Waals surface area contributed by atoms with Crippen LogP contribution in [-0.4, -0.2) is 46.7 Å². The van der Waals surface area contributed by atoms with Gasteiger partial charge in [0.1, 0.15) is 10.0 Å². The normalized spacial score (nSPS) is 12.1. The molecule has 190 valence electrons. The zero-order chi connectivity index (χ0) is 26.5. The second kappa shape index (κ2) is 11.5. The summed E-state index contributed by atoms with van der Waals surface area (Å²) in [4.78, 5) is 38.3. The van der Waals surface area contributed by atoms with E-state index in [9.17, 15) is 22.8 Å². The number of sulfonamides is 1. The largest absolute Gasteiger partial charge is 0.449 e. The first kappa shape index (κ1) is 27.1. The topological polar surface area (TPSA) is 116 Å². The Kier molecular flexibility index (Phi) is 8.65. The molecule has 0 radical (unpaired) electrons. The van der Waals surface area contributed by atoms with E-state index in [1.165, 1.54) is 25.6 Å². The SMILES string of the molecule is CCN(C(=O)CCC(=O)OC(C(=O)c1ccccc1)c1ccccc1)S(=O)(=O)c1c(C)nn(C)c1Cl. The molecule has 0 saturated carbocycles. The molecule has 1 amide bonds. The van der Waals surface area contributed by atoms with Crippen molar-refractivity contribution >= 4 is 39.3 Å². The molecule has 0 saturated heterocycles. The minimum absolute atomic E-state index is 0.122. The van der Waals surface area contributed by atoms with Crippen LogP contribution in [0.2, 0.25) is 5.15 Å². The number of rotatable bonds is 10. The monoisotopic (exact) mass is 531 g/mol. The number of halogens is 1. The van der Waals surface area contributed by atoms with Crippen LogP contribution in [0.3, 0.4) is 0 Å². The van der Waals surface area contributed by atoms with Crippen molar-refractivity contribution in [3.63, 3.8) is 0 Å². The van der Waals surface area contributed by atoms with E-state index in [1.54, 1.807) is 60.7 Å². The Bertz CT molecular complexity index is 1360. The van der Waals surface area contributed by atoms with Crippen molar-refractivity contribution in [2.75, 3.05) is 6.54 Å². The van der Waals surface area contributed by atoms with Crippen LogP contribution in [0.1, 0.15) is 47.5 Å². The molecule has 36 heavy (non-hydrogen) atoms. The maximum atomic E-state index is 13.1. The highest BCUT2D eigenvalue weighted by molar-refractivity contribution is 7.89. The van der Waals surface area contributed by atoms with Crippen molar-refractivity contribution in [3.05, 3.63) is 82.6 Å². The fraction of sp³-hybridized carbons (Fsp3) is 0.280. The minimum atomic E-state index is -4.29. The average molecular weight is 532 g/mol. The molecule has 0 spiro atoms.